The van der Waals surface area contributed by atoms with Gasteiger partial charge in [-0.15, -0.1) is 0 Å². The summed E-state index contributed by atoms with van der Waals surface area (Å²) in [5.74, 6) is 2.70. The molecule has 2 aliphatic rings. The predicted octanol–water partition coefficient (Wildman–Crippen LogP) is 15.2. The second-order valence-corrected chi connectivity index (χ2v) is 17.8. The number of imidazole rings is 1. The summed E-state index contributed by atoms with van der Waals surface area (Å²) in [6.45, 7) is 0. The van der Waals surface area contributed by atoms with Crippen molar-refractivity contribution in [2.24, 2.45) is 0 Å². The summed E-state index contributed by atoms with van der Waals surface area (Å²) in [4.78, 5) is 23.4. The Bertz CT molecular complexity index is 3860. The van der Waals surface area contributed by atoms with Crippen LogP contribution in [0.1, 0.15) is 22.3 Å². The average Bonchev–Trinajstić information content (AvgIpc) is 3.91. The lowest BCUT2D eigenvalue weighted by Crippen LogP contribution is -2.29. The number of hydrogen-bond donors (Lipinski definition) is 0. The molecule has 0 saturated carbocycles. The van der Waals surface area contributed by atoms with Crippen LogP contribution in [0.25, 0.3) is 83.9 Å². The smallest absolute Gasteiger partial charge is 0.220 e. The van der Waals surface area contributed by atoms with Gasteiger partial charge in [-0.05, 0) is 86.6 Å². The molecule has 0 unspecified atom stereocenters. The van der Waals surface area contributed by atoms with Crippen LogP contribution in [-0.2, 0) is 5.41 Å². The van der Waals surface area contributed by atoms with Gasteiger partial charge in [0.2, 0.25) is 5.95 Å². The summed E-state index contributed by atoms with van der Waals surface area (Å²) < 4.78 is 2.34. The molecule has 0 radical (unpaired) electrons. The van der Waals surface area contributed by atoms with Crippen LogP contribution in [0, 0.1) is 0 Å². The van der Waals surface area contributed by atoms with Crippen LogP contribution in [0.5, 0.6) is 0 Å². The van der Waals surface area contributed by atoms with Gasteiger partial charge in [-0.25, -0.2) is 19.9 Å². The highest BCUT2D eigenvalue weighted by Gasteiger charge is 2.47. The summed E-state index contributed by atoms with van der Waals surface area (Å²) in [6.07, 6.45) is 0. The molecule has 14 rings (SSSR count). The Morgan fingerprint density at radius 1 is 0.362 bits per heavy atom. The zero-order valence-corrected chi connectivity index (χ0v) is 37.3. The maximum atomic E-state index is 5.51. The van der Waals surface area contributed by atoms with Crippen LogP contribution in [-0.4, -0.2) is 24.5 Å². The number of para-hydroxylation sites is 3. The fourth-order valence-corrected chi connectivity index (χ4v) is 11.1. The van der Waals surface area contributed by atoms with Crippen LogP contribution < -0.4 is 4.90 Å². The fourth-order valence-electron chi connectivity index (χ4n) is 11.1. The highest BCUT2D eigenvalue weighted by molar-refractivity contribution is 6.09. The van der Waals surface area contributed by atoms with E-state index in [9.17, 15) is 0 Å². The van der Waals surface area contributed by atoms with Crippen molar-refractivity contribution < 1.29 is 0 Å². The Hall–Kier alpha value is -9.26. The summed E-state index contributed by atoms with van der Waals surface area (Å²) in [6, 6.07) is 86.6. The minimum absolute atomic E-state index is 0.615. The first kappa shape index (κ1) is 39.0. The summed E-state index contributed by atoms with van der Waals surface area (Å²) in [7, 11) is 0. The van der Waals surface area contributed by atoms with E-state index in [1.165, 1.54) is 27.5 Å². The van der Waals surface area contributed by atoms with Crippen molar-refractivity contribution in [2.45, 2.75) is 5.41 Å². The van der Waals surface area contributed by atoms with Crippen molar-refractivity contribution in [1.29, 1.82) is 0 Å². The molecule has 0 N–H and O–H groups in total. The van der Waals surface area contributed by atoms with Gasteiger partial charge in [0.05, 0.1) is 27.8 Å². The molecule has 69 heavy (non-hydrogen) atoms. The van der Waals surface area contributed by atoms with Gasteiger partial charge in [0.1, 0.15) is 0 Å². The Morgan fingerprint density at radius 2 is 0.913 bits per heavy atom. The first-order valence-electron chi connectivity index (χ1n) is 23.4. The van der Waals surface area contributed by atoms with Crippen molar-refractivity contribution >= 4 is 39.1 Å². The largest absolute Gasteiger partial charge is 0.280 e. The van der Waals surface area contributed by atoms with Crippen molar-refractivity contribution in [3.63, 3.8) is 0 Å². The zero-order chi connectivity index (χ0) is 45.5. The third-order valence-corrected chi connectivity index (χ3v) is 14.1. The fraction of sp³-hybridized carbons (Fsp3) is 0.0159. The normalized spacial score (nSPS) is 13.0. The van der Waals surface area contributed by atoms with Gasteiger partial charge >= 0.3 is 0 Å². The molecule has 0 saturated heterocycles. The minimum Gasteiger partial charge on any atom is -0.280 e. The van der Waals surface area contributed by atoms with E-state index in [0.717, 1.165) is 78.6 Å². The molecule has 10 aromatic carbocycles. The Balaban J connectivity index is 1.04. The maximum absolute atomic E-state index is 5.51. The van der Waals surface area contributed by atoms with E-state index in [0.29, 0.717) is 17.5 Å². The van der Waals surface area contributed by atoms with Crippen LogP contribution in [0.2, 0.25) is 0 Å². The molecule has 6 heteroatoms. The second kappa shape index (κ2) is 15.4. The van der Waals surface area contributed by atoms with E-state index >= 15 is 0 Å². The van der Waals surface area contributed by atoms with Gasteiger partial charge in [-0.3, -0.25) is 9.47 Å². The molecule has 0 amide bonds. The second-order valence-electron chi connectivity index (χ2n) is 17.8. The average molecular weight is 881 g/mol. The number of nitrogens with zero attached hydrogens (tertiary/aromatic N) is 6. The third kappa shape index (κ3) is 5.92. The van der Waals surface area contributed by atoms with E-state index in [4.69, 9.17) is 19.9 Å². The third-order valence-electron chi connectivity index (χ3n) is 14.1. The van der Waals surface area contributed by atoms with Gasteiger partial charge in [0, 0.05) is 33.5 Å². The van der Waals surface area contributed by atoms with Crippen LogP contribution in [0.4, 0.5) is 17.3 Å². The Morgan fingerprint density at radius 3 is 1.61 bits per heavy atom. The van der Waals surface area contributed by atoms with Gasteiger partial charge in [0.15, 0.2) is 17.5 Å². The number of aromatic nitrogens is 5. The zero-order valence-electron chi connectivity index (χ0n) is 37.3. The Labute approximate surface area is 399 Å². The topological polar surface area (TPSA) is 59.7 Å². The summed E-state index contributed by atoms with van der Waals surface area (Å²) >= 11 is 0. The van der Waals surface area contributed by atoms with Gasteiger partial charge in [-0.2, -0.15) is 0 Å². The highest BCUT2D eigenvalue weighted by atomic mass is 15.3. The molecule has 6 nitrogen and oxygen atoms in total. The molecule has 322 valence electrons. The maximum Gasteiger partial charge on any atom is 0.220 e. The number of hydrogen-bond acceptors (Lipinski definition) is 5. The molecule has 12 aromatic rings. The molecule has 1 aliphatic heterocycles. The van der Waals surface area contributed by atoms with E-state index in [-0.39, 0.29) is 0 Å². The molecular weight excluding hydrogens is 841 g/mol. The summed E-state index contributed by atoms with van der Waals surface area (Å²) in [5.41, 5.74) is 16.5. The molecule has 3 heterocycles. The van der Waals surface area contributed by atoms with Crippen molar-refractivity contribution in [2.75, 3.05) is 4.90 Å². The molecule has 0 fully saturated rings. The lowest BCUT2D eigenvalue weighted by atomic mass is 9.67. The standard InChI is InChI=1S/C63H40N6/c1-5-20-42(21-6-1)59-65-60(43-22-7-2-8-23-43)67-61(66-59)44-33-36-49-50-37-35-47(40-53(50)63(52(49)39-44,45-24-9-3-10-25-45)46-26-11-4-12-27-46)68-57-38-34-41-19-13-14-28-48(41)58(57)51-29-15-17-31-55(51)69-56-32-18-16-30-54(56)64-62(68)69/h1-40H. The van der Waals surface area contributed by atoms with Gasteiger partial charge < -0.3 is 0 Å². The monoisotopic (exact) mass is 880 g/mol. The molecular formula is C63H40N6. The lowest BCUT2D eigenvalue weighted by Gasteiger charge is -2.35. The number of benzene rings is 10. The summed E-state index contributed by atoms with van der Waals surface area (Å²) in [5, 5.41) is 2.38. The Kier molecular flexibility index (Phi) is 8.70. The van der Waals surface area contributed by atoms with Crippen LogP contribution in [0.15, 0.2) is 243 Å². The lowest BCUT2D eigenvalue weighted by molar-refractivity contribution is 0.768. The first-order chi connectivity index (χ1) is 34.2. The van der Waals surface area contributed by atoms with Gasteiger partial charge in [-0.1, -0.05) is 200 Å². The first-order valence-corrected chi connectivity index (χ1v) is 23.4. The SMILES string of the molecule is c1ccc(-c2nc(-c3ccccc3)nc(-c3ccc4c(c3)C(c3ccccc3)(c3ccccc3)c3cc(N5c6ccc7ccccc7c6-c6ccccc6-n6c5nc5ccccc56)ccc3-4)n2)cc1. The molecule has 0 bridgehead atoms. The number of anilines is 3. The van der Waals surface area contributed by atoms with E-state index in [2.05, 4.69) is 216 Å². The quantitative estimate of drug-likeness (QED) is 0.166. The minimum atomic E-state index is -0.738. The molecule has 0 spiro atoms. The predicted molar refractivity (Wildman–Crippen MR) is 279 cm³/mol. The highest BCUT2D eigenvalue weighted by Crippen LogP contribution is 2.59. The molecule has 0 atom stereocenters. The molecule has 1 aliphatic carbocycles. The molecule has 2 aromatic heterocycles. The van der Waals surface area contributed by atoms with Gasteiger partial charge in [0.25, 0.3) is 0 Å². The van der Waals surface area contributed by atoms with E-state index in [1.54, 1.807) is 0 Å². The van der Waals surface area contributed by atoms with E-state index in [1.807, 2.05) is 36.4 Å². The van der Waals surface area contributed by atoms with Crippen molar-refractivity contribution in [1.82, 2.24) is 24.5 Å². The number of rotatable bonds is 6. The van der Waals surface area contributed by atoms with Crippen molar-refractivity contribution in [3.8, 4) is 62.1 Å². The van der Waals surface area contributed by atoms with Crippen LogP contribution in [0.3, 0.4) is 0 Å². The van der Waals surface area contributed by atoms with Crippen LogP contribution >= 0.6 is 0 Å². The van der Waals surface area contributed by atoms with Crippen molar-refractivity contribution in [3.05, 3.63) is 265 Å². The van der Waals surface area contributed by atoms with E-state index < -0.39 is 5.41 Å². The number of fused-ring (bicyclic) bond motifs is 12.